The summed E-state index contributed by atoms with van der Waals surface area (Å²) in [5.41, 5.74) is 4.19. The third-order valence-electron chi connectivity index (χ3n) is 3.95. The molecule has 2 aromatic rings. The average Bonchev–Trinajstić information content (AvgIpc) is 2.64. The number of pyridine rings is 1. The Morgan fingerprint density at radius 2 is 2.20 bits per heavy atom. The Bertz CT molecular complexity index is 601. The van der Waals surface area contributed by atoms with Crippen LogP contribution in [0, 0.1) is 13.8 Å². The van der Waals surface area contributed by atoms with Gasteiger partial charge in [0.1, 0.15) is 11.8 Å². The smallest absolute Gasteiger partial charge is 0.215 e. The molecule has 4 nitrogen and oxygen atoms in total. The highest BCUT2D eigenvalue weighted by Gasteiger charge is 2.22. The number of fused-ring (bicyclic) bond motifs is 1. The fourth-order valence-corrected chi connectivity index (χ4v) is 2.69. The topological polar surface area (TPSA) is 39.9 Å². The molecule has 0 unspecified atom stereocenters. The summed E-state index contributed by atoms with van der Waals surface area (Å²) in [5, 5.41) is 4.73. The molecule has 0 radical (unpaired) electrons. The molecule has 4 heteroatoms. The van der Waals surface area contributed by atoms with Crippen LogP contribution in [0.3, 0.4) is 0 Å². The van der Waals surface area contributed by atoms with E-state index in [2.05, 4.69) is 24.9 Å². The average molecular weight is 271 g/mol. The monoisotopic (exact) mass is 271 g/mol. The van der Waals surface area contributed by atoms with Crippen molar-refractivity contribution in [2.75, 3.05) is 0 Å². The number of hydrogen-bond donors (Lipinski definition) is 0. The van der Waals surface area contributed by atoms with Gasteiger partial charge >= 0.3 is 0 Å². The third kappa shape index (κ3) is 2.30. The van der Waals surface area contributed by atoms with Gasteiger partial charge in [-0.05, 0) is 45.2 Å². The van der Waals surface area contributed by atoms with Crippen molar-refractivity contribution < 1.29 is 4.74 Å². The second-order valence-corrected chi connectivity index (χ2v) is 5.48. The van der Waals surface area contributed by atoms with Crippen LogP contribution in [-0.2, 0) is 6.54 Å². The lowest BCUT2D eigenvalue weighted by atomic mass is 10.1. The first-order valence-corrected chi connectivity index (χ1v) is 7.36. The van der Waals surface area contributed by atoms with E-state index >= 15 is 0 Å². The number of rotatable bonds is 2. The highest BCUT2D eigenvalue weighted by Crippen LogP contribution is 2.32. The van der Waals surface area contributed by atoms with Gasteiger partial charge in [-0.3, -0.25) is 4.98 Å². The number of aryl methyl sites for hydroxylation is 2. The van der Waals surface area contributed by atoms with E-state index in [1.165, 1.54) is 0 Å². The van der Waals surface area contributed by atoms with Crippen molar-refractivity contribution in [3.63, 3.8) is 0 Å². The number of hydrogen-bond acceptors (Lipinski definition) is 3. The fraction of sp³-hybridized carbons (Fsp3) is 0.500. The minimum absolute atomic E-state index is 0.315. The molecule has 0 saturated carbocycles. The third-order valence-corrected chi connectivity index (χ3v) is 3.95. The lowest BCUT2D eigenvalue weighted by molar-refractivity contribution is 0.183. The number of ether oxygens (including phenoxy) is 1. The Kier molecular flexibility index (Phi) is 3.47. The molecular formula is C16H21N3O. The lowest BCUT2D eigenvalue weighted by Gasteiger charge is -2.14. The molecule has 0 fully saturated rings. The largest absolute Gasteiger partial charge is 0.474 e. The minimum Gasteiger partial charge on any atom is -0.474 e. The van der Waals surface area contributed by atoms with Gasteiger partial charge in [0.15, 0.2) is 0 Å². The van der Waals surface area contributed by atoms with Crippen molar-refractivity contribution in [1.82, 2.24) is 14.8 Å². The SMILES string of the molecule is CC[C@H]1CCCn2nc(-c3ccc(C)nc3)c(C)c2O1. The van der Waals surface area contributed by atoms with E-state index in [4.69, 9.17) is 9.84 Å². The van der Waals surface area contributed by atoms with E-state index in [1.54, 1.807) is 0 Å². The molecule has 20 heavy (non-hydrogen) atoms. The second kappa shape index (κ2) is 5.27. The molecule has 0 N–H and O–H groups in total. The van der Waals surface area contributed by atoms with E-state index in [9.17, 15) is 0 Å². The Morgan fingerprint density at radius 3 is 2.90 bits per heavy atom. The van der Waals surface area contributed by atoms with Gasteiger partial charge in [0, 0.05) is 29.6 Å². The van der Waals surface area contributed by atoms with Gasteiger partial charge in [-0.2, -0.15) is 5.10 Å². The van der Waals surface area contributed by atoms with Crippen LogP contribution in [0.5, 0.6) is 5.88 Å². The van der Waals surface area contributed by atoms with Crippen LogP contribution < -0.4 is 4.74 Å². The van der Waals surface area contributed by atoms with E-state index in [0.717, 1.165) is 54.2 Å². The molecule has 0 aliphatic carbocycles. The Balaban J connectivity index is 2.01. The fourth-order valence-electron chi connectivity index (χ4n) is 2.69. The summed E-state index contributed by atoms with van der Waals surface area (Å²) in [6, 6.07) is 4.10. The molecule has 3 rings (SSSR count). The summed E-state index contributed by atoms with van der Waals surface area (Å²) < 4.78 is 8.16. The molecule has 0 bridgehead atoms. The summed E-state index contributed by atoms with van der Waals surface area (Å²) >= 11 is 0. The summed E-state index contributed by atoms with van der Waals surface area (Å²) in [5.74, 6) is 0.935. The summed E-state index contributed by atoms with van der Waals surface area (Å²) in [4.78, 5) is 4.36. The Labute approximate surface area is 119 Å². The van der Waals surface area contributed by atoms with Crippen LogP contribution in [0.25, 0.3) is 11.3 Å². The van der Waals surface area contributed by atoms with Gasteiger partial charge in [-0.1, -0.05) is 6.92 Å². The van der Waals surface area contributed by atoms with Crippen molar-refractivity contribution >= 4 is 0 Å². The van der Waals surface area contributed by atoms with Gasteiger partial charge in [0.2, 0.25) is 5.88 Å². The zero-order chi connectivity index (χ0) is 14.1. The maximum Gasteiger partial charge on any atom is 0.215 e. The molecule has 1 atom stereocenters. The molecule has 1 aliphatic rings. The highest BCUT2D eigenvalue weighted by atomic mass is 16.5. The summed E-state index contributed by atoms with van der Waals surface area (Å²) in [7, 11) is 0. The van der Waals surface area contributed by atoms with E-state index in [0.29, 0.717) is 6.10 Å². The number of nitrogens with zero attached hydrogens (tertiary/aromatic N) is 3. The van der Waals surface area contributed by atoms with Crippen LogP contribution in [0.4, 0.5) is 0 Å². The quantitative estimate of drug-likeness (QED) is 0.839. The van der Waals surface area contributed by atoms with Crippen molar-refractivity contribution in [3.8, 4) is 17.1 Å². The van der Waals surface area contributed by atoms with Gasteiger partial charge in [-0.15, -0.1) is 0 Å². The van der Waals surface area contributed by atoms with Crippen molar-refractivity contribution in [2.24, 2.45) is 0 Å². The van der Waals surface area contributed by atoms with Crippen LogP contribution in [0.15, 0.2) is 18.3 Å². The van der Waals surface area contributed by atoms with Crippen LogP contribution in [-0.4, -0.2) is 20.9 Å². The second-order valence-electron chi connectivity index (χ2n) is 5.48. The minimum atomic E-state index is 0.315. The van der Waals surface area contributed by atoms with Crippen molar-refractivity contribution in [2.45, 2.75) is 52.7 Å². The predicted octanol–water partition coefficient (Wildman–Crippen LogP) is 3.51. The Morgan fingerprint density at radius 1 is 1.35 bits per heavy atom. The van der Waals surface area contributed by atoms with Crippen molar-refractivity contribution in [3.05, 3.63) is 29.6 Å². The molecule has 1 aliphatic heterocycles. The zero-order valence-electron chi connectivity index (χ0n) is 12.4. The van der Waals surface area contributed by atoms with Gasteiger partial charge in [0.05, 0.1) is 0 Å². The maximum atomic E-state index is 6.14. The first-order valence-electron chi connectivity index (χ1n) is 7.36. The maximum absolute atomic E-state index is 6.14. The molecule has 0 amide bonds. The molecule has 0 saturated heterocycles. The van der Waals surface area contributed by atoms with Crippen LogP contribution in [0.2, 0.25) is 0 Å². The van der Waals surface area contributed by atoms with Crippen LogP contribution >= 0.6 is 0 Å². The lowest BCUT2D eigenvalue weighted by Crippen LogP contribution is -2.14. The van der Waals surface area contributed by atoms with Gasteiger partial charge < -0.3 is 4.74 Å². The standard InChI is InChI=1S/C16H21N3O/c1-4-14-6-5-9-19-16(20-14)12(3)15(18-19)13-8-7-11(2)17-10-13/h7-8,10,14H,4-6,9H2,1-3H3/t14-/m0/s1. The predicted molar refractivity (Wildman–Crippen MR) is 78.9 cm³/mol. The molecule has 0 aromatic carbocycles. The van der Waals surface area contributed by atoms with E-state index in [1.807, 2.05) is 23.9 Å². The first kappa shape index (κ1) is 13.2. The summed E-state index contributed by atoms with van der Waals surface area (Å²) in [6.07, 6.45) is 5.49. The van der Waals surface area contributed by atoms with Crippen molar-refractivity contribution in [1.29, 1.82) is 0 Å². The zero-order valence-corrected chi connectivity index (χ0v) is 12.4. The van der Waals surface area contributed by atoms with Gasteiger partial charge in [-0.25, -0.2) is 4.68 Å². The van der Waals surface area contributed by atoms with Crippen LogP contribution in [0.1, 0.15) is 37.4 Å². The van der Waals surface area contributed by atoms with Gasteiger partial charge in [0.25, 0.3) is 0 Å². The molecule has 3 heterocycles. The molecule has 2 aromatic heterocycles. The first-order chi connectivity index (χ1) is 9.69. The molecule has 0 spiro atoms. The van der Waals surface area contributed by atoms with E-state index < -0.39 is 0 Å². The summed E-state index contributed by atoms with van der Waals surface area (Å²) in [6.45, 7) is 7.20. The normalized spacial score (nSPS) is 18.2. The van der Waals surface area contributed by atoms with E-state index in [-0.39, 0.29) is 0 Å². The molecule has 106 valence electrons. The highest BCUT2D eigenvalue weighted by molar-refractivity contribution is 5.64. The number of aromatic nitrogens is 3. The Hall–Kier alpha value is -1.84. The molecular weight excluding hydrogens is 250 g/mol.